The van der Waals surface area contributed by atoms with Crippen molar-refractivity contribution in [2.24, 2.45) is 0 Å². The molecule has 1 aromatic carbocycles. The third-order valence-electron chi connectivity index (χ3n) is 4.23. The lowest BCUT2D eigenvalue weighted by Gasteiger charge is -2.14. The van der Waals surface area contributed by atoms with Gasteiger partial charge in [0.05, 0.1) is 6.04 Å². The van der Waals surface area contributed by atoms with Crippen LogP contribution in [-0.4, -0.2) is 5.91 Å². The van der Waals surface area contributed by atoms with Crippen LogP contribution in [-0.2, 0) is 4.79 Å². The SMILES string of the molecule is CCCCCCCCCCCC(=O)N[C@@H](C)c1cccc(F)c1. The van der Waals surface area contributed by atoms with Crippen LogP contribution < -0.4 is 5.32 Å². The van der Waals surface area contributed by atoms with Crippen LogP contribution in [0, 0.1) is 5.82 Å². The second-order valence-electron chi connectivity index (χ2n) is 6.42. The molecule has 0 saturated heterocycles. The summed E-state index contributed by atoms with van der Waals surface area (Å²) in [5, 5.41) is 2.94. The standard InChI is InChI=1S/C20H32FNO/c1-3-4-5-6-7-8-9-10-11-15-20(23)22-17(2)18-13-12-14-19(21)16-18/h12-14,16-17H,3-11,15H2,1-2H3,(H,22,23)/t17-/m0/s1. The largest absolute Gasteiger partial charge is 0.350 e. The van der Waals surface area contributed by atoms with Gasteiger partial charge in [0.15, 0.2) is 0 Å². The normalized spacial score (nSPS) is 12.1. The summed E-state index contributed by atoms with van der Waals surface area (Å²) < 4.78 is 13.2. The summed E-state index contributed by atoms with van der Waals surface area (Å²) >= 11 is 0. The van der Waals surface area contributed by atoms with Crippen molar-refractivity contribution in [3.63, 3.8) is 0 Å². The second-order valence-corrected chi connectivity index (χ2v) is 6.42. The Labute approximate surface area is 140 Å². The minimum atomic E-state index is -0.262. The van der Waals surface area contributed by atoms with Crippen LogP contribution in [0.4, 0.5) is 4.39 Å². The van der Waals surface area contributed by atoms with Gasteiger partial charge in [0, 0.05) is 6.42 Å². The lowest BCUT2D eigenvalue weighted by molar-refractivity contribution is -0.121. The van der Waals surface area contributed by atoms with E-state index in [9.17, 15) is 9.18 Å². The third-order valence-corrected chi connectivity index (χ3v) is 4.23. The Balaban J connectivity index is 2.06. The molecule has 1 aromatic rings. The minimum Gasteiger partial charge on any atom is -0.350 e. The number of unbranched alkanes of at least 4 members (excludes halogenated alkanes) is 8. The van der Waals surface area contributed by atoms with Crippen LogP contribution >= 0.6 is 0 Å². The third kappa shape index (κ3) is 9.37. The van der Waals surface area contributed by atoms with Crippen molar-refractivity contribution in [1.82, 2.24) is 5.32 Å². The summed E-state index contributed by atoms with van der Waals surface area (Å²) in [6, 6.07) is 6.27. The van der Waals surface area contributed by atoms with Crippen molar-refractivity contribution in [2.75, 3.05) is 0 Å². The maximum atomic E-state index is 13.2. The van der Waals surface area contributed by atoms with Crippen molar-refractivity contribution in [2.45, 2.75) is 84.1 Å². The van der Waals surface area contributed by atoms with Gasteiger partial charge in [-0.05, 0) is 31.0 Å². The molecular formula is C20H32FNO. The molecule has 0 spiro atoms. The highest BCUT2D eigenvalue weighted by Gasteiger charge is 2.09. The molecule has 23 heavy (non-hydrogen) atoms. The summed E-state index contributed by atoms with van der Waals surface area (Å²) in [5.41, 5.74) is 0.811. The number of nitrogens with one attached hydrogen (secondary N) is 1. The fourth-order valence-electron chi connectivity index (χ4n) is 2.77. The van der Waals surface area contributed by atoms with E-state index in [-0.39, 0.29) is 17.8 Å². The van der Waals surface area contributed by atoms with Gasteiger partial charge in [0.25, 0.3) is 0 Å². The Morgan fingerprint density at radius 3 is 2.26 bits per heavy atom. The number of carbonyl (C=O) groups is 1. The van der Waals surface area contributed by atoms with Crippen molar-refractivity contribution in [3.8, 4) is 0 Å². The molecule has 0 radical (unpaired) electrons. The van der Waals surface area contributed by atoms with Crippen LogP contribution in [0.3, 0.4) is 0 Å². The molecule has 1 N–H and O–H groups in total. The van der Waals surface area contributed by atoms with Crippen LogP contribution in [0.5, 0.6) is 0 Å². The van der Waals surface area contributed by atoms with Gasteiger partial charge in [-0.3, -0.25) is 4.79 Å². The highest BCUT2D eigenvalue weighted by Crippen LogP contribution is 2.14. The van der Waals surface area contributed by atoms with E-state index in [1.807, 2.05) is 13.0 Å². The van der Waals surface area contributed by atoms with Gasteiger partial charge >= 0.3 is 0 Å². The number of amides is 1. The lowest BCUT2D eigenvalue weighted by Crippen LogP contribution is -2.26. The zero-order valence-electron chi connectivity index (χ0n) is 14.7. The van der Waals surface area contributed by atoms with Crippen LogP contribution in [0.1, 0.15) is 89.7 Å². The second kappa shape index (κ2) is 12.1. The van der Waals surface area contributed by atoms with Crippen molar-refractivity contribution >= 4 is 5.91 Å². The van der Waals surface area contributed by atoms with Gasteiger partial charge < -0.3 is 5.32 Å². The van der Waals surface area contributed by atoms with E-state index in [0.29, 0.717) is 6.42 Å². The number of hydrogen-bond acceptors (Lipinski definition) is 1. The first-order valence-electron chi connectivity index (χ1n) is 9.18. The maximum Gasteiger partial charge on any atom is 0.220 e. The molecule has 0 bridgehead atoms. The number of halogens is 1. The van der Waals surface area contributed by atoms with E-state index in [4.69, 9.17) is 0 Å². The molecule has 0 aliphatic carbocycles. The zero-order chi connectivity index (χ0) is 16.9. The van der Waals surface area contributed by atoms with Gasteiger partial charge in [-0.15, -0.1) is 0 Å². The molecular weight excluding hydrogens is 289 g/mol. The van der Waals surface area contributed by atoms with Gasteiger partial charge in [0.2, 0.25) is 5.91 Å². The van der Waals surface area contributed by atoms with Gasteiger partial charge in [-0.1, -0.05) is 70.4 Å². The van der Waals surface area contributed by atoms with Gasteiger partial charge in [0.1, 0.15) is 5.82 Å². The number of carbonyl (C=O) groups excluding carboxylic acids is 1. The first kappa shape index (κ1) is 19.7. The number of rotatable bonds is 12. The fourth-order valence-corrected chi connectivity index (χ4v) is 2.77. The summed E-state index contributed by atoms with van der Waals surface area (Å²) in [5.74, 6) is -0.202. The molecule has 1 amide bonds. The first-order chi connectivity index (χ1) is 11.1. The minimum absolute atomic E-state index is 0.0599. The molecule has 0 aliphatic heterocycles. The Morgan fingerprint density at radius 2 is 1.65 bits per heavy atom. The zero-order valence-corrected chi connectivity index (χ0v) is 14.7. The lowest BCUT2D eigenvalue weighted by atomic mass is 10.1. The van der Waals surface area contributed by atoms with Gasteiger partial charge in [-0.25, -0.2) is 4.39 Å². The van der Waals surface area contributed by atoms with E-state index >= 15 is 0 Å². The molecule has 0 fully saturated rings. The highest BCUT2D eigenvalue weighted by molar-refractivity contribution is 5.76. The number of benzene rings is 1. The van der Waals surface area contributed by atoms with Gasteiger partial charge in [-0.2, -0.15) is 0 Å². The highest BCUT2D eigenvalue weighted by atomic mass is 19.1. The molecule has 1 atom stereocenters. The Kier molecular flexibility index (Phi) is 10.3. The molecule has 1 rings (SSSR count). The van der Waals surface area contributed by atoms with Crippen molar-refractivity contribution in [3.05, 3.63) is 35.6 Å². The van der Waals surface area contributed by atoms with Crippen molar-refractivity contribution in [1.29, 1.82) is 0 Å². The first-order valence-corrected chi connectivity index (χ1v) is 9.18. The summed E-state index contributed by atoms with van der Waals surface area (Å²) in [4.78, 5) is 11.9. The fraction of sp³-hybridized carbons (Fsp3) is 0.650. The molecule has 130 valence electrons. The predicted molar refractivity (Wildman–Crippen MR) is 94.8 cm³/mol. The summed E-state index contributed by atoms with van der Waals surface area (Å²) in [7, 11) is 0. The Hall–Kier alpha value is -1.38. The molecule has 0 heterocycles. The smallest absolute Gasteiger partial charge is 0.220 e. The van der Waals surface area contributed by atoms with E-state index in [1.165, 1.54) is 57.1 Å². The summed E-state index contributed by atoms with van der Waals surface area (Å²) in [6.07, 6.45) is 11.8. The number of hydrogen-bond donors (Lipinski definition) is 1. The molecule has 0 saturated carbocycles. The Morgan fingerprint density at radius 1 is 1.04 bits per heavy atom. The Bertz CT molecular complexity index is 447. The molecule has 2 nitrogen and oxygen atoms in total. The average molecular weight is 321 g/mol. The van der Waals surface area contributed by atoms with E-state index in [0.717, 1.165) is 18.4 Å². The topological polar surface area (TPSA) is 29.1 Å². The molecule has 0 unspecified atom stereocenters. The van der Waals surface area contributed by atoms with E-state index in [1.54, 1.807) is 6.07 Å². The van der Waals surface area contributed by atoms with Crippen LogP contribution in [0.25, 0.3) is 0 Å². The monoisotopic (exact) mass is 321 g/mol. The maximum absolute atomic E-state index is 13.2. The predicted octanol–water partition coefficient (Wildman–Crippen LogP) is 5.92. The quantitative estimate of drug-likeness (QED) is 0.475. The van der Waals surface area contributed by atoms with Crippen molar-refractivity contribution < 1.29 is 9.18 Å². The van der Waals surface area contributed by atoms with E-state index in [2.05, 4.69) is 12.2 Å². The van der Waals surface area contributed by atoms with E-state index < -0.39 is 0 Å². The molecule has 0 aliphatic rings. The molecule has 0 aromatic heterocycles. The van der Waals surface area contributed by atoms with Crippen LogP contribution in [0.15, 0.2) is 24.3 Å². The average Bonchev–Trinajstić information content (AvgIpc) is 2.53. The van der Waals surface area contributed by atoms with Crippen LogP contribution in [0.2, 0.25) is 0 Å². The summed E-state index contributed by atoms with van der Waals surface area (Å²) in [6.45, 7) is 4.13. The molecule has 3 heteroatoms.